The van der Waals surface area contributed by atoms with Crippen LogP contribution in [0.25, 0.3) is 10.9 Å². The first-order chi connectivity index (χ1) is 14.5. The number of carbonyl (C=O) groups excluding carboxylic acids is 1. The Morgan fingerprint density at radius 3 is 2.57 bits per heavy atom. The summed E-state index contributed by atoms with van der Waals surface area (Å²) >= 11 is 6.14. The van der Waals surface area contributed by atoms with Crippen molar-refractivity contribution >= 4 is 40.0 Å². The molecule has 0 bridgehead atoms. The van der Waals surface area contributed by atoms with E-state index in [1.165, 1.54) is 5.56 Å². The molecule has 2 aromatic carbocycles. The van der Waals surface area contributed by atoms with Crippen molar-refractivity contribution in [2.45, 2.75) is 38.5 Å². The molecule has 2 amide bonds. The maximum atomic E-state index is 12.2. The summed E-state index contributed by atoms with van der Waals surface area (Å²) in [5, 5.41) is 10.6. The van der Waals surface area contributed by atoms with Crippen molar-refractivity contribution in [1.82, 2.24) is 15.3 Å². The lowest BCUT2D eigenvalue weighted by Gasteiger charge is -2.12. The third-order valence-electron chi connectivity index (χ3n) is 5.16. The van der Waals surface area contributed by atoms with Crippen molar-refractivity contribution in [2.75, 3.05) is 23.7 Å². The van der Waals surface area contributed by atoms with Gasteiger partial charge in [-0.2, -0.15) is 0 Å². The molecule has 156 valence electrons. The number of benzene rings is 2. The number of fused-ring (bicyclic) bond motifs is 1. The van der Waals surface area contributed by atoms with Gasteiger partial charge in [0.15, 0.2) is 0 Å². The molecule has 0 saturated heterocycles. The standard InChI is InChI=1S/C23H26ClN5O/c1-14(2)15-5-8-18(9-6-15)27-23(30)26-12-11-25-22-19-10-7-17(24)13-20(19)28-21(29-22)16-3-4-16/h5-10,13-14,16H,3-4,11-12H2,1-2H3,(H,25,28,29)(H2,26,27,30). The maximum absolute atomic E-state index is 12.2. The number of amides is 2. The van der Waals surface area contributed by atoms with Crippen LogP contribution in [0.4, 0.5) is 16.3 Å². The van der Waals surface area contributed by atoms with E-state index >= 15 is 0 Å². The molecule has 1 aromatic heterocycles. The summed E-state index contributed by atoms with van der Waals surface area (Å²) in [6, 6.07) is 13.3. The molecule has 0 radical (unpaired) electrons. The number of nitrogens with zero attached hydrogens (tertiary/aromatic N) is 2. The van der Waals surface area contributed by atoms with Crippen LogP contribution in [0.3, 0.4) is 0 Å². The molecule has 1 saturated carbocycles. The number of anilines is 2. The molecule has 1 aliphatic rings. The predicted octanol–water partition coefficient (Wildman–Crippen LogP) is 5.52. The van der Waals surface area contributed by atoms with Crippen molar-refractivity contribution in [3.05, 3.63) is 58.9 Å². The Hall–Kier alpha value is -2.86. The third-order valence-corrected chi connectivity index (χ3v) is 5.39. The number of nitrogens with one attached hydrogen (secondary N) is 3. The predicted molar refractivity (Wildman–Crippen MR) is 123 cm³/mol. The lowest BCUT2D eigenvalue weighted by molar-refractivity contribution is 0.252. The summed E-state index contributed by atoms with van der Waals surface area (Å²) in [6.45, 7) is 5.31. The molecule has 6 nitrogen and oxygen atoms in total. The molecule has 0 unspecified atom stereocenters. The second-order valence-corrected chi connectivity index (χ2v) is 8.39. The molecule has 3 aromatic rings. The number of hydrogen-bond donors (Lipinski definition) is 3. The van der Waals surface area contributed by atoms with E-state index < -0.39 is 0 Å². The zero-order valence-corrected chi connectivity index (χ0v) is 18.0. The first-order valence-electron chi connectivity index (χ1n) is 10.4. The van der Waals surface area contributed by atoms with Crippen LogP contribution in [-0.4, -0.2) is 29.1 Å². The highest BCUT2D eigenvalue weighted by Gasteiger charge is 2.27. The molecule has 4 rings (SSSR count). The van der Waals surface area contributed by atoms with Gasteiger partial charge in [-0.1, -0.05) is 37.6 Å². The van der Waals surface area contributed by atoms with Crippen molar-refractivity contribution in [2.24, 2.45) is 0 Å². The van der Waals surface area contributed by atoms with E-state index in [1.54, 1.807) is 0 Å². The zero-order chi connectivity index (χ0) is 21.1. The van der Waals surface area contributed by atoms with Crippen molar-refractivity contribution in [3.8, 4) is 0 Å². The van der Waals surface area contributed by atoms with Gasteiger partial charge >= 0.3 is 6.03 Å². The minimum absolute atomic E-state index is 0.230. The van der Waals surface area contributed by atoms with E-state index in [0.717, 1.165) is 41.1 Å². The minimum atomic E-state index is -0.230. The summed E-state index contributed by atoms with van der Waals surface area (Å²) in [5.41, 5.74) is 2.86. The Kier molecular flexibility index (Phi) is 6.04. The molecule has 1 aliphatic carbocycles. The fourth-order valence-electron chi connectivity index (χ4n) is 3.26. The molecule has 30 heavy (non-hydrogen) atoms. The summed E-state index contributed by atoms with van der Waals surface area (Å²) in [4.78, 5) is 21.5. The number of rotatable bonds is 7. The van der Waals surface area contributed by atoms with Gasteiger partial charge in [-0.05, 0) is 54.7 Å². The lowest BCUT2D eigenvalue weighted by atomic mass is 10.0. The van der Waals surface area contributed by atoms with Crippen LogP contribution in [0, 0.1) is 0 Å². The van der Waals surface area contributed by atoms with Gasteiger partial charge in [0.2, 0.25) is 0 Å². The van der Waals surface area contributed by atoms with Crippen LogP contribution >= 0.6 is 11.6 Å². The molecule has 7 heteroatoms. The number of urea groups is 1. The van der Waals surface area contributed by atoms with Crippen LogP contribution in [0.15, 0.2) is 42.5 Å². The molecule has 0 spiro atoms. The topological polar surface area (TPSA) is 78.9 Å². The lowest BCUT2D eigenvalue weighted by Crippen LogP contribution is -2.32. The average Bonchev–Trinajstić information content (AvgIpc) is 3.56. The van der Waals surface area contributed by atoms with Gasteiger partial charge in [-0.15, -0.1) is 0 Å². The van der Waals surface area contributed by atoms with E-state index in [2.05, 4.69) is 34.8 Å². The molecule has 1 heterocycles. The Labute approximate surface area is 181 Å². The normalized spacial score (nSPS) is 13.5. The highest BCUT2D eigenvalue weighted by Crippen LogP contribution is 2.39. The summed E-state index contributed by atoms with van der Waals surface area (Å²) in [5.74, 6) is 2.56. The van der Waals surface area contributed by atoms with Crippen molar-refractivity contribution < 1.29 is 4.79 Å². The molecule has 3 N–H and O–H groups in total. The van der Waals surface area contributed by atoms with Gasteiger partial charge in [0.1, 0.15) is 11.6 Å². The Morgan fingerprint density at radius 1 is 1.10 bits per heavy atom. The number of halogens is 1. The Morgan fingerprint density at radius 2 is 1.87 bits per heavy atom. The van der Waals surface area contributed by atoms with Crippen LogP contribution in [-0.2, 0) is 0 Å². The summed E-state index contributed by atoms with van der Waals surface area (Å²) in [7, 11) is 0. The van der Waals surface area contributed by atoms with E-state index in [0.29, 0.717) is 29.9 Å². The molecule has 1 fully saturated rings. The van der Waals surface area contributed by atoms with Crippen LogP contribution in [0.2, 0.25) is 5.02 Å². The van der Waals surface area contributed by atoms with Gasteiger partial charge in [0, 0.05) is 35.1 Å². The zero-order valence-electron chi connectivity index (χ0n) is 17.2. The van der Waals surface area contributed by atoms with Gasteiger partial charge < -0.3 is 16.0 Å². The molecule has 0 atom stereocenters. The van der Waals surface area contributed by atoms with E-state index in [9.17, 15) is 4.79 Å². The van der Waals surface area contributed by atoms with E-state index in [-0.39, 0.29) is 6.03 Å². The van der Waals surface area contributed by atoms with Crippen molar-refractivity contribution in [3.63, 3.8) is 0 Å². The monoisotopic (exact) mass is 423 g/mol. The quantitative estimate of drug-likeness (QED) is 0.437. The number of hydrogen-bond acceptors (Lipinski definition) is 4. The largest absolute Gasteiger partial charge is 0.368 e. The number of aromatic nitrogens is 2. The van der Waals surface area contributed by atoms with E-state index in [4.69, 9.17) is 16.6 Å². The average molecular weight is 424 g/mol. The van der Waals surface area contributed by atoms with Crippen LogP contribution in [0.5, 0.6) is 0 Å². The molecular formula is C23H26ClN5O. The van der Waals surface area contributed by atoms with Gasteiger partial charge in [-0.3, -0.25) is 0 Å². The van der Waals surface area contributed by atoms with Crippen LogP contribution < -0.4 is 16.0 Å². The highest BCUT2D eigenvalue weighted by atomic mass is 35.5. The molecule has 0 aliphatic heterocycles. The summed E-state index contributed by atoms with van der Waals surface area (Å²) < 4.78 is 0. The highest BCUT2D eigenvalue weighted by molar-refractivity contribution is 6.31. The fourth-order valence-corrected chi connectivity index (χ4v) is 3.43. The smallest absolute Gasteiger partial charge is 0.319 e. The minimum Gasteiger partial charge on any atom is -0.368 e. The SMILES string of the molecule is CC(C)c1ccc(NC(=O)NCCNc2nc(C3CC3)nc3cc(Cl)ccc23)cc1. The number of carbonyl (C=O) groups is 1. The van der Waals surface area contributed by atoms with Crippen LogP contribution in [0.1, 0.15) is 49.9 Å². The fraction of sp³-hybridized carbons (Fsp3) is 0.348. The summed E-state index contributed by atoms with van der Waals surface area (Å²) in [6.07, 6.45) is 2.26. The van der Waals surface area contributed by atoms with Crippen molar-refractivity contribution in [1.29, 1.82) is 0 Å². The maximum Gasteiger partial charge on any atom is 0.319 e. The van der Waals surface area contributed by atoms with E-state index in [1.807, 2.05) is 42.5 Å². The molecular weight excluding hydrogens is 398 g/mol. The first-order valence-corrected chi connectivity index (χ1v) is 10.7. The third kappa shape index (κ3) is 5.00. The second kappa shape index (κ2) is 8.88. The second-order valence-electron chi connectivity index (χ2n) is 7.95. The Bertz CT molecular complexity index is 1050. The van der Waals surface area contributed by atoms with Gasteiger partial charge in [-0.25, -0.2) is 14.8 Å². The van der Waals surface area contributed by atoms with Gasteiger partial charge in [0.25, 0.3) is 0 Å². The first kappa shape index (κ1) is 20.4. The Balaban J connectivity index is 1.33. The van der Waals surface area contributed by atoms with Gasteiger partial charge in [0.05, 0.1) is 5.52 Å².